The van der Waals surface area contributed by atoms with Crippen molar-refractivity contribution in [2.24, 2.45) is 17.8 Å². The fraction of sp³-hybridized carbons (Fsp3) is 0.622. The average Bonchev–Trinajstić information content (AvgIpc) is 3.45. The molecule has 2 aromatic carbocycles. The minimum absolute atomic E-state index is 0.0616. The maximum absolute atomic E-state index is 14.9. The van der Waals surface area contributed by atoms with Crippen LogP contribution in [0.15, 0.2) is 42.5 Å². The first-order chi connectivity index (χ1) is 27.0. The second-order valence-electron chi connectivity index (χ2n) is 17.0. The maximum Gasteiger partial charge on any atom is 0.329 e. The summed E-state index contributed by atoms with van der Waals surface area (Å²) in [6.45, 7) is 9.95. The summed E-state index contributed by atoms with van der Waals surface area (Å²) in [6, 6.07) is 10.2. The van der Waals surface area contributed by atoms with Crippen LogP contribution in [-0.4, -0.2) is 78.0 Å². The predicted octanol–water partition coefficient (Wildman–Crippen LogP) is 8.40. The number of aromatic nitrogens is 1. The van der Waals surface area contributed by atoms with E-state index in [2.05, 4.69) is 12.2 Å². The van der Waals surface area contributed by atoms with Crippen LogP contribution in [0, 0.1) is 36.3 Å². The van der Waals surface area contributed by atoms with Gasteiger partial charge in [-0.05, 0) is 151 Å². The summed E-state index contributed by atoms with van der Waals surface area (Å²) in [5, 5.41) is 4.23. The molecule has 2 saturated carbocycles. The Morgan fingerprint density at radius 1 is 0.911 bits per heavy atom. The van der Waals surface area contributed by atoms with Gasteiger partial charge in [-0.3, -0.25) is 14.2 Å². The molecule has 304 valence electrons. The number of nitrogens with zero attached hydrogens (tertiary/aromatic N) is 2. The molecule has 2 saturated heterocycles. The lowest BCUT2D eigenvalue weighted by atomic mass is 9.69. The number of carbonyl (C=O) groups is 3. The van der Waals surface area contributed by atoms with Gasteiger partial charge < -0.3 is 24.4 Å². The van der Waals surface area contributed by atoms with E-state index < -0.39 is 11.2 Å². The largest absolute Gasteiger partial charge is 0.466 e. The number of halogens is 2. The summed E-state index contributed by atoms with van der Waals surface area (Å²) < 4.78 is 48.0. The molecular formula is C45H59F2N3O6. The molecule has 3 aromatic rings. The molecule has 4 aliphatic rings. The minimum atomic E-state index is -1.00. The number of piperidine rings is 1. The normalized spacial score (nSPS) is 28.9. The van der Waals surface area contributed by atoms with Gasteiger partial charge in [0.05, 0.1) is 35.7 Å². The number of hydrogen-bond acceptors (Lipinski definition) is 6. The van der Waals surface area contributed by atoms with E-state index in [4.69, 9.17) is 14.2 Å². The van der Waals surface area contributed by atoms with Gasteiger partial charge in [0.25, 0.3) is 0 Å². The molecular weight excluding hydrogens is 717 g/mol. The highest BCUT2D eigenvalue weighted by atomic mass is 19.1. The number of ether oxygens (including phenoxy) is 3. The number of benzene rings is 2. The lowest BCUT2D eigenvalue weighted by molar-refractivity contribution is -0.149. The summed E-state index contributed by atoms with van der Waals surface area (Å²) in [5.41, 5.74) is 2.18. The van der Waals surface area contributed by atoms with Gasteiger partial charge in [0, 0.05) is 42.9 Å². The molecule has 1 N–H and O–H groups in total. The van der Waals surface area contributed by atoms with E-state index >= 15 is 0 Å². The van der Waals surface area contributed by atoms with E-state index in [0.29, 0.717) is 55.7 Å². The van der Waals surface area contributed by atoms with Gasteiger partial charge in [-0.1, -0.05) is 19.1 Å². The number of amides is 2. The molecule has 56 heavy (non-hydrogen) atoms. The number of nitrogens with one attached hydrogen (secondary N) is 1. The summed E-state index contributed by atoms with van der Waals surface area (Å²) in [7, 11) is 0. The zero-order valence-corrected chi connectivity index (χ0v) is 33.5. The number of carbonyl (C=O) groups excluding carboxylic acids is 3. The molecule has 2 amide bonds. The first kappa shape index (κ1) is 40.4. The van der Waals surface area contributed by atoms with Crippen molar-refractivity contribution in [3.8, 4) is 0 Å². The third kappa shape index (κ3) is 8.40. The Balaban J connectivity index is 1.08. The van der Waals surface area contributed by atoms with E-state index in [1.54, 1.807) is 29.7 Å². The number of esters is 1. The molecule has 4 fully saturated rings. The van der Waals surface area contributed by atoms with Crippen LogP contribution in [0.25, 0.3) is 10.9 Å². The summed E-state index contributed by atoms with van der Waals surface area (Å²) in [6.07, 6.45) is 9.97. The molecule has 7 rings (SSSR count). The van der Waals surface area contributed by atoms with E-state index in [1.165, 1.54) is 24.3 Å². The first-order valence-corrected chi connectivity index (χ1v) is 21.0. The summed E-state index contributed by atoms with van der Waals surface area (Å²) in [4.78, 5) is 43.5. The van der Waals surface area contributed by atoms with E-state index in [9.17, 15) is 23.2 Å². The third-order valence-electron chi connectivity index (χ3n) is 13.5. The van der Waals surface area contributed by atoms with Gasteiger partial charge in [-0.2, -0.15) is 0 Å². The van der Waals surface area contributed by atoms with Crippen molar-refractivity contribution >= 4 is 28.8 Å². The Labute approximate surface area is 329 Å². The highest BCUT2D eigenvalue weighted by Gasteiger charge is 2.48. The standard InChI is InChI=1S/C45H59F2N3O6/c1-5-55-42(51)32-8-17-40(28(2)24-32)48-43(52)45(33-9-11-34(46)12-10-33)20-21-49(29(3)27-45)44(53)50-30(4)39(38-16-13-35(47)26-41(38)50)25-31-6-14-36(15-7-31)56-37-18-22-54-23-19-37/h9-13,16,26,28-29,31-32,36-37,40H,5-8,14-15,17-25,27H2,1-4H3,(H,48,52)/t28-,29-,31?,32-,36?,40-,45-/m0/s1. The fourth-order valence-corrected chi connectivity index (χ4v) is 10.2. The van der Waals surface area contributed by atoms with Crippen molar-refractivity contribution in [2.45, 2.75) is 134 Å². The monoisotopic (exact) mass is 775 g/mol. The van der Waals surface area contributed by atoms with Gasteiger partial charge in [0.15, 0.2) is 0 Å². The average molecular weight is 776 g/mol. The maximum atomic E-state index is 14.9. The van der Waals surface area contributed by atoms with Crippen LogP contribution in [0.5, 0.6) is 0 Å². The topological polar surface area (TPSA) is 99.1 Å². The Morgan fingerprint density at radius 2 is 1.61 bits per heavy atom. The second kappa shape index (κ2) is 17.3. The Kier molecular flexibility index (Phi) is 12.5. The van der Waals surface area contributed by atoms with Gasteiger partial charge in [0.2, 0.25) is 5.91 Å². The van der Waals surface area contributed by atoms with Crippen molar-refractivity contribution in [1.82, 2.24) is 14.8 Å². The molecule has 3 heterocycles. The van der Waals surface area contributed by atoms with Crippen molar-refractivity contribution in [1.29, 1.82) is 0 Å². The van der Waals surface area contributed by atoms with Crippen LogP contribution in [0.3, 0.4) is 0 Å². The molecule has 0 bridgehead atoms. The van der Waals surface area contributed by atoms with Crippen molar-refractivity contribution in [3.05, 3.63) is 70.9 Å². The fourth-order valence-electron chi connectivity index (χ4n) is 10.2. The molecule has 2 aliphatic carbocycles. The molecule has 0 spiro atoms. The van der Waals surface area contributed by atoms with Crippen LogP contribution in [0.2, 0.25) is 0 Å². The molecule has 1 aromatic heterocycles. The van der Waals surface area contributed by atoms with Crippen LogP contribution in [0.4, 0.5) is 13.6 Å². The van der Waals surface area contributed by atoms with Crippen LogP contribution < -0.4 is 5.32 Å². The smallest absolute Gasteiger partial charge is 0.329 e. The molecule has 0 radical (unpaired) electrons. The van der Waals surface area contributed by atoms with Crippen molar-refractivity contribution < 1.29 is 37.4 Å². The number of rotatable bonds is 9. The number of fused-ring (bicyclic) bond motifs is 1. The zero-order valence-electron chi connectivity index (χ0n) is 33.5. The van der Waals surface area contributed by atoms with Gasteiger partial charge in [-0.15, -0.1) is 0 Å². The van der Waals surface area contributed by atoms with Crippen LogP contribution in [0.1, 0.15) is 108 Å². The number of likely N-dealkylation sites (tertiary alicyclic amines) is 1. The Hall–Kier alpha value is -3.83. The second-order valence-corrected chi connectivity index (χ2v) is 17.0. The zero-order chi connectivity index (χ0) is 39.6. The predicted molar refractivity (Wildman–Crippen MR) is 210 cm³/mol. The first-order valence-electron chi connectivity index (χ1n) is 21.0. The van der Waals surface area contributed by atoms with Gasteiger partial charge in [-0.25, -0.2) is 13.6 Å². The van der Waals surface area contributed by atoms with E-state index in [-0.39, 0.29) is 66.4 Å². The summed E-state index contributed by atoms with van der Waals surface area (Å²) >= 11 is 0. The molecule has 0 unspecified atom stereocenters. The third-order valence-corrected chi connectivity index (χ3v) is 13.5. The van der Waals surface area contributed by atoms with Crippen molar-refractivity contribution in [3.63, 3.8) is 0 Å². The lowest BCUT2D eigenvalue weighted by Gasteiger charge is -2.46. The Bertz CT molecular complexity index is 1870. The number of hydrogen-bond donors (Lipinski definition) is 1. The lowest BCUT2D eigenvalue weighted by Crippen LogP contribution is -2.58. The van der Waals surface area contributed by atoms with E-state index in [1.807, 2.05) is 18.7 Å². The van der Waals surface area contributed by atoms with Gasteiger partial charge in [0.1, 0.15) is 11.6 Å². The SMILES string of the molecule is CCOC(=O)[C@H]1CC[C@H](NC(=O)[C@@]2(c3ccc(F)cc3)CCN(C(=O)n3c(C)c(CC4CCC(OC5CCOCC5)CC4)c4ccc(F)cc43)[C@@H](C)C2)[C@@H](C)C1. The van der Waals surface area contributed by atoms with Crippen LogP contribution >= 0.6 is 0 Å². The minimum Gasteiger partial charge on any atom is -0.466 e. The highest BCUT2D eigenvalue weighted by molar-refractivity contribution is 5.96. The molecule has 5 atom stereocenters. The van der Waals surface area contributed by atoms with E-state index in [0.717, 1.165) is 74.8 Å². The van der Waals surface area contributed by atoms with Gasteiger partial charge >= 0.3 is 12.0 Å². The Morgan fingerprint density at radius 3 is 2.29 bits per heavy atom. The molecule has 11 heteroatoms. The van der Waals surface area contributed by atoms with Crippen LogP contribution in [-0.2, 0) is 35.6 Å². The van der Waals surface area contributed by atoms with Crippen molar-refractivity contribution in [2.75, 3.05) is 26.4 Å². The quantitative estimate of drug-likeness (QED) is 0.219. The summed E-state index contributed by atoms with van der Waals surface area (Å²) in [5.74, 6) is -0.791. The highest BCUT2D eigenvalue weighted by Crippen LogP contribution is 2.42. The molecule has 2 aliphatic heterocycles. The molecule has 9 nitrogen and oxygen atoms in total.